The van der Waals surface area contributed by atoms with E-state index in [4.69, 9.17) is 4.11 Å². The first-order chi connectivity index (χ1) is 5.00. The van der Waals surface area contributed by atoms with Gasteiger partial charge in [-0.25, -0.2) is 0 Å². The monoisotopic (exact) mass is 113 g/mol. The van der Waals surface area contributed by atoms with Crippen molar-refractivity contribution < 1.29 is 4.11 Å². The summed E-state index contributed by atoms with van der Waals surface area (Å²) in [5.74, 6) is 0. The summed E-state index contributed by atoms with van der Waals surface area (Å²) in [6.45, 7) is -2.28. The SMILES string of the molecule is [2H]C([2H])([2H])c1cncc(=O)[nH]1. The first-order valence-electron chi connectivity index (χ1n) is 3.55. The molecular formula is C5H6N2O. The Kier molecular flexibility index (Phi) is 0.541. The van der Waals surface area contributed by atoms with Crippen LogP contribution in [0.5, 0.6) is 0 Å². The Morgan fingerprint density at radius 2 is 2.75 bits per heavy atom. The van der Waals surface area contributed by atoms with Crippen LogP contribution >= 0.6 is 0 Å². The molecule has 1 aromatic rings. The second kappa shape index (κ2) is 1.78. The number of aromatic nitrogens is 2. The summed E-state index contributed by atoms with van der Waals surface area (Å²) >= 11 is 0. The van der Waals surface area contributed by atoms with Gasteiger partial charge in [0.1, 0.15) is 0 Å². The highest BCUT2D eigenvalue weighted by Crippen LogP contribution is 1.76. The second-order valence-electron chi connectivity index (χ2n) is 1.31. The number of aromatic amines is 1. The van der Waals surface area contributed by atoms with Gasteiger partial charge in [-0.1, -0.05) is 0 Å². The molecule has 1 aromatic heterocycles. The molecule has 0 aliphatic rings. The molecule has 1 N–H and O–H groups in total. The Hall–Kier alpha value is -1.12. The maximum atomic E-state index is 10.6. The van der Waals surface area contributed by atoms with Crippen LogP contribution in [0.3, 0.4) is 0 Å². The summed E-state index contributed by atoms with van der Waals surface area (Å²) in [5, 5.41) is 0. The number of hydrogen-bond donors (Lipinski definition) is 1. The van der Waals surface area contributed by atoms with E-state index in [0.29, 0.717) is 0 Å². The lowest BCUT2D eigenvalue weighted by molar-refractivity contribution is 1.07. The lowest BCUT2D eigenvalue weighted by atomic mass is 10.5. The zero-order chi connectivity index (χ0) is 8.48. The molecule has 42 valence electrons. The largest absolute Gasteiger partial charge is 0.324 e. The Labute approximate surface area is 50.6 Å². The summed E-state index contributed by atoms with van der Waals surface area (Å²) in [5.41, 5.74) is -0.636. The van der Waals surface area contributed by atoms with Gasteiger partial charge in [-0.3, -0.25) is 9.78 Å². The molecule has 0 fully saturated rings. The molecule has 0 saturated heterocycles. The van der Waals surface area contributed by atoms with Crippen LogP contribution in [0.15, 0.2) is 17.2 Å². The van der Waals surface area contributed by atoms with Crippen molar-refractivity contribution in [3.63, 3.8) is 0 Å². The van der Waals surface area contributed by atoms with Gasteiger partial charge in [-0.15, -0.1) is 0 Å². The number of nitrogens with zero attached hydrogens (tertiary/aromatic N) is 1. The third-order valence-corrected chi connectivity index (χ3v) is 0.653. The highest BCUT2D eigenvalue weighted by atomic mass is 16.1. The van der Waals surface area contributed by atoms with Gasteiger partial charge in [0.2, 0.25) is 0 Å². The molecule has 0 unspecified atom stereocenters. The van der Waals surface area contributed by atoms with Crippen LogP contribution in [0.1, 0.15) is 9.81 Å². The van der Waals surface area contributed by atoms with E-state index in [0.717, 1.165) is 12.4 Å². The van der Waals surface area contributed by atoms with Crippen LogP contribution in [0, 0.1) is 6.85 Å². The van der Waals surface area contributed by atoms with Crippen LogP contribution in [0.4, 0.5) is 0 Å². The zero-order valence-electron chi connectivity index (χ0n) is 7.01. The average Bonchev–Trinajstić information content (AvgIpc) is 1.86. The van der Waals surface area contributed by atoms with E-state index < -0.39 is 12.4 Å². The third kappa shape index (κ3) is 0.932. The molecule has 0 aromatic carbocycles. The van der Waals surface area contributed by atoms with Crippen LogP contribution in [0.2, 0.25) is 0 Å². The zero-order valence-corrected chi connectivity index (χ0v) is 4.01. The number of nitrogens with one attached hydrogen (secondary N) is 1. The van der Waals surface area contributed by atoms with Gasteiger partial charge in [-0.05, 0) is 6.85 Å². The van der Waals surface area contributed by atoms with Crippen molar-refractivity contribution in [2.75, 3.05) is 0 Å². The predicted molar refractivity (Wildman–Crippen MR) is 29.6 cm³/mol. The molecule has 0 saturated carbocycles. The maximum Gasteiger partial charge on any atom is 0.266 e. The third-order valence-electron chi connectivity index (χ3n) is 0.653. The van der Waals surface area contributed by atoms with Gasteiger partial charge in [-0.2, -0.15) is 0 Å². The normalized spacial score (nSPS) is 16.2. The minimum Gasteiger partial charge on any atom is -0.324 e. The Morgan fingerprint density at radius 1 is 1.88 bits per heavy atom. The van der Waals surface area contributed by atoms with Gasteiger partial charge < -0.3 is 4.98 Å². The second-order valence-corrected chi connectivity index (χ2v) is 1.31. The molecule has 0 aliphatic heterocycles. The fraction of sp³-hybridized carbons (Fsp3) is 0.200. The molecule has 0 radical (unpaired) electrons. The number of hydrogen-bond acceptors (Lipinski definition) is 2. The molecule has 0 aliphatic carbocycles. The topological polar surface area (TPSA) is 45.8 Å². The lowest BCUT2D eigenvalue weighted by Gasteiger charge is -1.84. The molecule has 8 heavy (non-hydrogen) atoms. The minimum absolute atomic E-state index is 0.134. The summed E-state index contributed by atoms with van der Waals surface area (Å²) < 4.78 is 20.7. The first-order valence-corrected chi connectivity index (χ1v) is 2.05. The molecule has 0 bridgehead atoms. The average molecular weight is 113 g/mol. The van der Waals surface area contributed by atoms with E-state index in [1.54, 1.807) is 0 Å². The van der Waals surface area contributed by atoms with Gasteiger partial charge in [0, 0.05) is 16.0 Å². The number of aryl methyl sites for hydroxylation is 1. The fourth-order valence-electron chi connectivity index (χ4n) is 0.377. The van der Waals surface area contributed by atoms with Gasteiger partial charge >= 0.3 is 0 Å². The van der Waals surface area contributed by atoms with E-state index in [1.165, 1.54) is 0 Å². The molecular weight excluding hydrogens is 104 g/mol. The Bertz CT molecular complexity index is 303. The highest BCUT2D eigenvalue weighted by Gasteiger charge is 1.80. The lowest BCUT2D eigenvalue weighted by Crippen LogP contribution is -2.05. The standard InChI is InChI=1S/C5H6N2O/c1-4-2-6-3-5(8)7-4/h2-3H,1H3,(H,7,8)/i1D3. The molecule has 3 nitrogen and oxygen atoms in total. The van der Waals surface area contributed by atoms with E-state index in [1.807, 2.05) is 0 Å². The molecule has 3 heteroatoms. The van der Waals surface area contributed by atoms with Crippen molar-refractivity contribution in [1.82, 2.24) is 9.97 Å². The van der Waals surface area contributed by atoms with Crippen molar-refractivity contribution in [2.45, 2.75) is 6.85 Å². The van der Waals surface area contributed by atoms with E-state index in [2.05, 4.69) is 9.97 Å². The molecule has 1 heterocycles. The van der Waals surface area contributed by atoms with Crippen LogP contribution in [-0.4, -0.2) is 9.97 Å². The summed E-state index contributed by atoms with van der Waals surface area (Å²) in [4.78, 5) is 16.2. The van der Waals surface area contributed by atoms with Crippen molar-refractivity contribution in [3.05, 3.63) is 28.4 Å². The number of rotatable bonds is 0. The summed E-state index contributed by atoms with van der Waals surface area (Å²) in [7, 11) is 0. The van der Waals surface area contributed by atoms with Crippen LogP contribution in [-0.2, 0) is 0 Å². The van der Waals surface area contributed by atoms with E-state index >= 15 is 0 Å². The molecule has 1 rings (SSSR count). The first kappa shape index (κ1) is 2.44. The van der Waals surface area contributed by atoms with Crippen molar-refractivity contribution in [1.29, 1.82) is 0 Å². The number of H-pyrrole nitrogens is 1. The Balaban J connectivity index is 3.16. The Morgan fingerprint density at radius 3 is 3.25 bits per heavy atom. The smallest absolute Gasteiger partial charge is 0.266 e. The van der Waals surface area contributed by atoms with Crippen LogP contribution in [0.25, 0.3) is 0 Å². The van der Waals surface area contributed by atoms with Crippen molar-refractivity contribution in [2.24, 2.45) is 0 Å². The molecule has 0 spiro atoms. The van der Waals surface area contributed by atoms with Gasteiger partial charge in [0.05, 0.1) is 6.20 Å². The summed E-state index contributed by atoms with van der Waals surface area (Å²) in [6.07, 6.45) is 2.14. The maximum absolute atomic E-state index is 10.6. The van der Waals surface area contributed by atoms with E-state index in [-0.39, 0.29) is 5.69 Å². The fourth-order valence-corrected chi connectivity index (χ4v) is 0.377. The molecule has 0 atom stereocenters. The van der Waals surface area contributed by atoms with Gasteiger partial charge in [0.15, 0.2) is 0 Å². The molecule has 0 amide bonds. The highest BCUT2D eigenvalue weighted by molar-refractivity contribution is 4.89. The van der Waals surface area contributed by atoms with Crippen molar-refractivity contribution in [3.8, 4) is 0 Å². The van der Waals surface area contributed by atoms with E-state index in [9.17, 15) is 4.79 Å². The quantitative estimate of drug-likeness (QED) is 0.517. The van der Waals surface area contributed by atoms with Crippen LogP contribution < -0.4 is 5.56 Å². The predicted octanol–water partition coefficient (Wildman–Crippen LogP) is 0.0783. The summed E-state index contributed by atoms with van der Waals surface area (Å²) in [6, 6.07) is 0. The van der Waals surface area contributed by atoms with Gasteiger partial charge in [0.25, 0.3) is 5.56 Å². The minimum atomic E-state index is -2.28. The van der Waals surface area contributed by atoms with Crippen molar-refractivity contribution >= 4 is 0 Å².